The molecule has 3 rings (SSSR count). The number of rotatable bonds is 3. The Bertz CT molecular complexity index is 470. The van der Waals surface area contributed by atoms with Gasteiger partial charge in [-0.25, -0.2) is 4.98 Å². The predicted octanol–water partition coefficient (Wildman–Crippen LogP) is 2.70. The molecule has 1 atom stereocenters. The van der Waals surface area contributed by atoms with Crippen LogP contribution in [0, 0.1) is 5.92 Å². The molecule has 4 nitrogen and oxygen atoms in total. The Morgan fingerprint density at radius 2 is 2.05 bits per heavy atom. The lowest BCUT2D eigenvalue weighted by atomic mass is 10.0. The average Bonchev–Trinajstić information content (AvgIpc) is 3.09. The van der Waals surface area contributed by atoms with Crippen LogP contribution in [0.1, 0.15) is 38.5 Å². The first-order chi connectivity index (χ1) is 10.3. The molecule has 21 heavy (non-hydrogen) atoms. The van der Waals surface area contributed by atoms with Crippen LogP contribution in [0.25, 0.3) is 0 Å². The number of likely N-dealkylation sites (N-methyl/N-ethyl adjacent to an activating group) is 1. The van der Waals surface area contributed by atoms with Crippen molar-refractivity contribution in [3.63, 3.8) is 0 Å². The summed E-state index contributed by atoms with van der Waals surface area (Å²) in [5, 5.41) is 0. The lowest BCUT2D eigenvalue weighted by Gasteiger charge is -2.39. The van der Waals surface area contributed by atoms with Crippen molar-refractivity contribution < 1.29 is 4.79 Å². The fourth-order valence-corrected chi connectivity index (χ4v) is 3.66. The van der Waals surface area contributed by atoms with E-state index in [2.05, 4.69) is 16.0 Å². The highest BCUT2D eigenvalue weighted by Crippen LogP contribution is 2.28. The van der Waals surface area contributed by atoms with E-state index in [9.17, 15) is 4.79 Å². The highest BCUT2D eigenvalue weighted by molar-refractivity contribution is 5.79. The second-order valence-corrected chi connectivity index (χ2v) is 6.36. The van der Waals surface area contributed by atoms with Crippen LogP contribution in [0.3, 0.4) is 0 Å². The van der Waals surface area contributed by atoms with E-state index in [4.69, 9.17) is 0 Å². The summed E-state index contributed by atoms with van der Waals surface area (Å²) in [6.45, 7) is 1.95. The number of piperidine rings is 1. The van der Waals surface area contributed by atoms with Crippen LogP contribution >= 0.6 is 0 Å². The van der Waals surface area contributed by atoms with E-state index in [0.29, 0.717) is 11.9 Å². The quantitative estimate of drug-likeness (QED) is 0.857. The molecule has 0 aromatic carbocycles. The van der Waals surface area contributed by atoms with E-state index in [1.54, 1.807) is 0 Å². The van der Waals surface area contributed by atoms with Gasteiger partial charge in [-0.2, -0.15) is 0 Å². The molecule has 0 spiro atoms. The van der Waals surface area contributed by atoms with E-state index in [1.807, 2.05) is 30.3 Å². The SMILES string of the molecule is CN(C(=O)C1CCCC1)[C@@H]1CCCN(c2ccccn2)C1. The van der Waals surface area contributed by atoms with E-state index in [0.717, 1.165) is 44.6 Å². The molecule has 2 heterocycles. The smallest absolute Gasteiger partial charge is 0.225 e. The lowest BCUT2D eigenvalue weighted by molar-refractivity contribution is -0.136. The fourth-order valence-electron chi connectivity index (χ4n) is 3.66. The number of nitrogens with zero attached hydrogens (tertiary/aromatic N) is 3. The van der Waals surface area contributed by atoms with Gasteiger partial charge in [-0.15, -0.1) is 0 Å². The number of carbonyl (C=O) groups excluding carboxylic acids is 1. The molecule has 1 saturated carbocycles. The first kappa shape index (κ1) is 14.4. The zero-order valence-corrected chi connectivity index (χ0v) is 12.9. The third-order valence-electron chi connectivity index (χ3n) is 4.97. The third-order valence-corrected chi connectivity index (χ3v) is 4.97. The minimum atomic E-state index is 0.278. The molecule has 0 unspecified atom stereocenters. The molecule has 1 aromatic heterocycles. The van der Waals surface area contributed by atoms with Gasteiger partial charge in [-0.05, 0) is 37.8 Å². The van der Waals surface area contributed by atoms with Crippen molar-refractivity contribution in [1.82, 2.24) is 9.88 Å². The topological polar surface area (TPSA) is 36.4 Å². The summed E-state index contributed by atoms with van der Waals surface area (Å²) in [5.41, 5.74) is 0. The van der Waals surface area contributed by atoms with Crippen LogP contribution in [0.15, 0.2) is 24.4 Å². The average molecular weight is 287 g/mol. The number of hydrogen-bond acceptors (Lipinski definition) is 3. The molecule has 1 saturated heterocycles. The standard InChI is InChI=1S/C17H25N3O/c1-19(17(21)14-7-2-3-8-14)15-9-6-12-20(13-15)16-10-4-5-11-18-16/h4-5,10-11,14-15H,2-3,6-9,12-13H2,1H3/t15-/m1/s1. The summed E-state index contributed by atoms with van der Waals surface area (Å²) in [6, 6.07) is 6.36. The normalized spacial score (nSPS) is 23.3. The summed E-state index contributed by atoms with van der Waals surface area (Å²) >= 11 is 0. The van der Waals surface area contributed by atoms with E-state index in [1.165, 1.54) is 12.8 Å². The van der Waals surface area contributed by atoms with Crippen LogP contribution in [0.2, 0.25) is 0 Å². The first-order valence-electron chi connectivity index (χ1n) is 8.18. The van der Waals surface area contributed by atoms with Crippen LogP contribution in [0.5, 0.6) is 0 Å². The number of pyridine rings is 1. The number of amides is 1. The summed E-state index contributed by atoms with van der Waals surface area (Å²) in [4.78, 5) is 21.4. The molecular formula is C17H25N3O. The van der Waals surface area contributed by atoms with Crippen molar-refractivity contribution in [2.45, 2.75) is 44.6 Å². The maximum absolute atomic E-state index is 12.6. The molecular weight excluding hydrogens is 262 g/mol. The van der Waals surface area contributed by atoms with Gasteiger partial charge >= 0.3 is 0 Å². The maximum Gasteiger partial charge on any atom is 0.225 e. The van der Waals surface area contributed by atoms with Gasteiger partial charge in [0, 0.05) is 38.3 Å². The van der Waals surface area contributed by atoms with Gasteiger partial charge in [0.05, 0.1) is 0 Å². The Balaban J connectivity index is 1.64. The summed E-state index contributed by atoms with van der Waals surface area (Å²) in [7, 11) is 1.99. The van der Waals surface area contributed by atoms with Crippen molar-refractivity contribution in [1.29, 1.82) is 0 Å². The summed E-state index contributed by atoms with van der Waals surface area (Å²) in [5.74, 6) is 1.67. The zero-order chi connectivity index (χ0) is 14.7. The second kappa shape index (κ2) is 6.46. The lowest BCUT2D eigenvalue weighted by Crippen LogP contribution is -2.50. The Kier molecular flexibility index (Phi) is 4.42. The minimum Gasteiger partial charge on any atom is -0.355 e. The highest BCUT2D eigenvalue weighted by atomic mass is 16.2. The highest BCUT2D eigenvalue weighted by Gasteiger charge is 2.31. The van der Waals surface area contributed by atoms with Crippen molar-refractivity contribution in [3.05, 3.63) is 24.4 Å². The van der Waals surface area contributed by atoms with Crippen molar-refractivity contribution in [3.8, 4) is 0 Å². The van der Waals surface area contributed by atoms with Gasteiger partial charge in [-0.3, -0.25) is 4.79 Å². The fraction of sp³-hybridized carbons (Fsp3) is 0.647. The number of anilines is 1. The van der Waals surface area contributed by atoms with E-state index < -0.39 is 0 Å². The predicted molar refractivity (Wildman–Crippen MR) is 84.2 cm³/mol. The monoisotopic (exact) mass is 287 g/mol. The second-order valence-electron chi connectivity index (χ2n) is 6.36. The molecule has 4 heteroatoms. The number of carbonyl (C=O) groups is 1. The van der Waals surface area contributed by atoms with Crippen LogP contribution < -0.4 is 4.90 Å². The molecule has 2 aliphatic rings. The van der Waals surface area contributed by atoms with Crippen molar-refractivity contribution in [2.24, 2.45) is 5.92 Å². The molecule has 1 aliphatic heterocycles. The molecule has 114 valence electrons. The number of hydrogen-bond donors (Lipinski definition) is 0. The van der Waals surface area contributed by atoms with Gasteiger partial charge in [0.2, 0.25) is 5.91 Å². The molecule has 1 amide bonds. The zero-order valence-electron chi connectivity index (χ0n) is 12.9. The van der Waals surface area contributed by atoms with Crippen LogP contribution in [-0.2, 0) is 4.79 Å². The minimum absolute atomic E-state index is 0.278. The Hall–Kier alpha value is -1.58. The molecule has 0 radical (unpaired) electrons. The summed E-state index contributed by atoms with van der Waals surface area (Å²) < 4.78 is 0. The first-order valence-corrected chi connectivity index (χ1v) is 8.18. The molecule has 2 fully saturated rings. The third kappa shape index (κ3) is 3.20. The number of aromatic nitrogens is 1. The Morgan fingerprint density at radius 3 is 2.76 bits per heavy atom. The summed E-state index contributed by atoms with van der Waals surface area (Å²) in [6.07, 6.45) is 8.68. The largest absolute Gasteiger partial charge is 0.355 e. The van der Waals surface area contributed by atoms with Gasteiger partial charge < -0.3 is 9.80 Å². The Labute approximate surface area is 127 Å². The van der Waals surface area contributed by atoms with Gasteiger partial charge in [0.1, 0.15) is 5.82 Å². The molecule has 1 aliphatic carbocycles. The molecule has 0 bridgehead atoms. The van der Waals surface area contributed by atoms with Crippen molar-refractivity contribution in [2.75, 3.05) is 25.0 Å². The maximum atomic E-state index is 12.6. The van der Waals surface area contributed by atoms with Gasteiger partial charge in [0.15, 0.2) is 0 Å². The van der Waals surface area contributed by atoms with Gasteiger partial charge in [-0.1, -0.05) is 18.9 Å². The molecule has 0 N–H and O–H groups in total. The van der Waals surface area contributed by atoms with Crippen LogP contribution in [0.4, 0.5) is 5.82 Å². The van der Waals surface area contributed by atoms with Gasteiger partial charge in [0.25, 0.3) is 0 Å². The van der Waals surface area contributed by atoms with E-state index in [-0.39, 0.29) is 5.92 Å². The van der Waals surface area contributed by atoms with Crippen molar-refractivity contribution >= 4 is 11.7 Å². The molecule has 1 aromatic rings. The van der Waals surface area contributed by atoms with Crippen LogP contribution in [-0.4, -0.2) is 42.0 Å². The Morgan fingerprint density at radius 1 is 1.24 bits per heavy atom. The van der Waals surface area contributed by atoms with E-state index >= 15 is 0 Å².